The zero-order chi connectivity index (χ0) is 17.1. The molecule has 0 saturated carbocycles. The van der Waals surface area contributed by atoms with Crippen molar-refractivity contribution in [3.05, 3.63) is 30.4 Å². The van der Waals surface area contributed by atoms with Gasteiger partial charge in [-0.15, -0.1) is 10.2 Å². The van der Waals surface area contributed by atoms with E-state index in [0.29, 0.717) is 6.54 Å². The minimum absolute atomic E-state index is 0.0307. The third kappa shape index (κ3) is 3.60. The first-order valence-corrected chi connectivity index (χ1v) is 7.99. The van der Waals surface area contributed by atoms with Crippen molar-refractivity contribution in [3.8, 4) is 0 Å². The summed E-state index contributed by atoms with van der Waals surface area (Å²) in [5.74, 6) is 2.01. The zero-order valence-corrected chi connectivity index (χ0v) is 14.8. The summed E-state index contributed by atoms with van der Waals surface area (Å²) in [6, 6.07) is -0.0301. The van der Waals surface area contributed by atoms with E-state index in [2.05, 4.69) is 42.9 Å². The first-order chi connectivity index (χ1) is 10.8. The van der Waals surface area contributed by atoms with E-state index in [-0.39, 0.29) is 23.9 Å². The number of amides is 1. The first-order valence-electron chi connectivity index (χ1n) is 7.99. The molecule has 0 saturated heterocycles. The highest BCUT2D eigenvalue weighted by molar-refractivity contribution is 5.79. The van der Waals surface area contributed by atoms with Crippen molar-refractivity contribution in [3.63, 3.8) is 0 Å². The molecule has 126 valence electrons. The second-order valence-electron chi connectivity index (χ2n) is 6.47. The van der Waals surface area contributed by atoms with Crippen LogP contribution in [0, 0.1) is 0 Å². The Balaban J connectivity index is 2.13. The van der Waals surface area contributed by atoms with E-state index in [1.807, 2.05) is 22.3 Å². The Labute approximate surface area is 137 Å². The SMILES string of the molecule is CC(C)c1nccn1C(C)C(=O)N(C)Cc1nncn1C(C)C. The Morgan fingerprint density at radius 2 is 1.91 bits per heavy atom. The fraction of sp³-hybridized carbons (Fsp3) is 0.625. The topological polar surface area (TPSA) is 68.8 Å². The number of carbonyl (C=O) groups excluding carboxylic acids is 1. The minimum Gasteiger partial charge on any atom is -0.336 e. The normalized spacial score (nSPS) is 12.9. The van der Waals surface area contributed by atoms with Crippen LogP contribution in [0.1, 0.15) is 64.3 Å². The number of carbonyl (C=O) groups is 1. The van der Waals surface area contributed by atoms with Crippen LogP contribution in [0.3, 0.4) is 0 Å². The van der Waals surface area contributed by atoms with E-state index >= 15 is 0 Å². The number of likely N-dealkylation sites (N-methyl/N-ethyl adjacent to an activating group) is 1. The third-order valence-electron chi connectivity index (χ3n) is 3.95. The number of hydrogen-bond acceptors (Lipinski definition) is 4. The summed E-state index contributed by atoms with van der Waals surface area (Å²) >= 11 is 0. The van der Waals surface area contributed by atoms with Crippen LogP contribution >= 0.6 is 0 Å². The molecule has 2 aromatic heterocycles. The predicted molar refractivity (Wildman–Crippen MR) is 87.9 cm³/mol. The number of aromatic nitrogens is 5. The van der Waals surface area contributed by atoms with Crippen LogP contribution in [0.25, 0.3) is 0 Å². The largest absolute Gasteiger partial charge is 0.336 e. The monoisotopic (exact) mass is 318 g/mol. The second kappa shape index (κ2) is 6.93. The molecule has 0 spiro atoms. The maximum absolute atomic E-state index is 12.7. The summed E-state index contributed by atoms with van der Waals surface area (Å²) in [6.07, 6.45) is 5.31. The van der Waals surface area contributed by atoms with Crippen LogP contribution in [-0.2, 0) is 11.3 Å². The van der Waals surface area contributed by atoms with Crippen molar-refractivity contribution in [2.75, 3.05) is 7.05 Å². The van der Waals surface area contributed by atoms with Crippen LogP contribution in [-0.4, -0.2) is 42.2 Å². The molecule has 0 aliphatic carbocycles. The fourth-order valence-corrected chi connectivity index (χ4v) is 2.64. The molecule has 2 heterocycles. The van der Waals surface area contributed by atoms with E-state index in [0.717, 1.165) is 11.6 Å². The van der Waals surface area contributed by atoms with Crippen molar-refractivity contribution in [1.82, 2.24) is 29.2 Å². The first kappa shape index (κ1) is 17.2. The van der Waals surface area contributed by atoms with Crippen LogP contribution in [0.2, 0.25) is 0 Å². The minimum atomic E-state index is -0.296. The van der Waals surface area contributed by atoms with Gasteiger partial charge in [0, 0.05) is 31.4 Å². The van der Waals surface area contributed by atoms with E-state index < -0.39 is 0 Å². The van der Waals surface area contributed by atoms with Crippen molar-refractivity contribution < 1.29 is 4.79 Å². The maximum atomic E-state index is 12.7. The average Bonchev–Trinajstić information content (AvgIpc) is 3.14. The van der Waals surface area contributed by atoms with E-state index in [1.54, 1.807) is 24.5 Å². The number of rotatable bonds is 6. The molecule has 7 nitrogen and oxygen atoms in total. The lowest BCUT2D eigenvalue weighted by Crippen LogP contribution is -2.34. The van der Waals surface area contributed by atoms with Gasteiger partial charge < -0.3 is 14.0 Å². The number of nitrogens with zero attached hydrogens (tertiary/aromatic N) is 6. The summed E-state index contributed by atoms with van der Waals surface area (Å²) in [7, 11) is 1.80. The summed E-state index contributed by atoms with van der Waals surface area (Å²) < 4.78 is 3.92. The molecule has 7 heteroatoms. The molecule has 23 heavy (non-hydrogen) atoms. The van der Waals surface area contributed by atoms with Crippen LogP contribution < -0.4 is 0 Å². The average molecular weight is 318 g/mol. The Morgan fingerprint density at radius 3 is 2.52 bits per heavy atom. The summed E-state index contributed by atoms with van der Waals surface area (Å²) in [6.45, 7) is 10.6. The number of hydrogen-bond donors (Lipinski definition) is 0. The van der Waals surface area contributed by atoms with Gasteiger partial charge in [0.1, 0.15) is 18.2 Å². The molecule has 1 atom stereocenters. The lowest BCUT2D eigenvalue weighted by Gasteiger charge is -2.24. The van der Waals surface area contributed by atoms with Crippen molar-refractivity contribution in [2.24, 2.45) is 0 Å². The molecular formula is C16H26N6O. The van der Waals surface area contributed by atoms with Gasteiger partial charge in [-0.25, -0.2) is 4.98 Å². The lowest BCUT2D eigenvalue weighted by molar-refractivity contribution is -0.133. The molecular weight excluding hydrogens is 292 g/mol. The Morgan fingerprint density at radius 1 is 1.22 bits per heavy atom. The van der Waals surface area contributed by atoms with Gasteiger partial charge in [-0.1, -0.05) is 13.8 Å². The molecule has 2 aromatic rings. The summed E-state index contributed by atoms with van der Waals surface area (Å²) in [5, 5.41) is 8.08. The fourth-order valence-electron chi connectivity index (χ4n) is 2.64. The molecule has 1 unspecified atom stereocenters. The summed E-state index contributed by atoms with van der Waals surface area (Å²) in [4.78, 5) is 18.8. The second-order valence-corrected chi connectivity index (χ2v) is 6.47. The lowest BCUT2D eigenvalue weighted by atomic mass is 10.2. The molecule has 0 N–H and O–H groups in total. The Kier molecular flexibility index (Phi) is 5.18. The van der Waals surface area contributed by atoms with Crippen LogP contribution in [0.15, 0.2) is 18.7 Å². The molecule has 0 aliphatic rings. The van der Waals surface area contributed by atoms with Gasteiger partial charge in [-0.05, 0) is 20.8 Å². The zero-order valence-electron chi connectivity index (χ0n) is 14.8. The van der Waals surface area contributed by atoms with Crippen LogP contribution in [0.4, 0.5) is 0 Å². The van der Waals surface area contributed by atoms with Crippen LogP contribution in [0.5, 0.6) is 0 Å². The van der Waals surface area contributed by atoms with Gasteiger partial charge in [0.25, 0.3) is 0 Å². The maximum Gasteiger partial charge on any atom is 0.245 e. The van der Waals surface area contributed by atoms with Crippen molar-refractivity contribution in [2.45, 2.75) is 59.2 Å². The molecule has 1 amide bonds. The predicted octanol–water partition coefficient (Wildman–Crippen LogP) is 2.40. The van der Waals surface area contributed by atoms with E-state index in [1.165, 1.54) is 0 Å². The molecule has 0 bridgehead atoms. The molecule has 2 rings (SSSR count). The molecule has 0 aromatic carbocycles. The van der Waals surface area contributed by atoms with Gasteiger partial charge in [0.05, 0.1) is 6.54 Å². The molecule has 0 aliphatic heterocycles. The van der Waals surface area contributed by atoms with Gasteiger partial charge in [0.2, 0.25) is 5.91 Å². The Hall–Kier alpha value is -2.18. The van der Waals surface area contributed by atoms with Gasteiger partial charge in [0.15, 0.2) is 5.82 Å². The van der Waals surface area contributed by atoms with E-state index in [9.17, 15) is 4.79 Å². The molecule has 0 fully saturated rings. The highest BCUT2D eigenvalue weighted by Gasteiger charge is 2.23. The smallest absolute Gasteiger partial charge is 0.245 e. The Bertz CT molecular complexity index is 657. The number of imidazole rings is 1. The van der Waals surface area contributed by atoms with E-state index in [4.69, 9.17) is 0 Å². The summed E-state index contributed by atoms with van der Waals surface area (Å²) in [5.41, 5.74) is 0. The third-order valence-corrected chi connectivity index (χ3v) is 3.95. The van der Waals surface area contributed by atoms with Crippen molar-refractivity contribution >= 4 is 5.91 Å². The van der Waals surface area contributed by atoms with Gasteiger partial charge >= 0.3 is 0 Å². The standard InChI is InChI=1S/C16H26N6O/c1-11(2)15-17-7-8-21(15)13(5)16(23)20(6)9-14-19-18-10-22(14)12(3)4/h7-8,10-13H,9H2,1-6H3. The molecule has 0 radical (unpaired) electrons. The van der Waals surface area contributed by atoms with Crippen molar-refractivity contribution in [1.29, 1.82) is 0 Å². The quantitative estimate of drug-likeness (QED) is 0.820. The highest BCUT2D eigenvalue weighted by Crippen LogP contribution is 2.19. The van der Waals surface area contributed by atoms with Gasteiger partial charge in [-0.3, -0.25) is 4.79 Å². The van der Waals surface area contributed by atoms with Gasteiger partial charge in [-0.2, -0.15) is 0 Å². The highest BCUT2D eigenvalue weighted by atomic mass is 16.2.